The van der Waals surface area contributed by atoms with E-state index in [-0.39, 0.29) is 0 Å². The van der Waals surface area contributed by atoms with Crippen molar-refractivity contribution in [1.82, 2.24) is 0 Å². The van der Waals surface area contributed by atoms with Gasteiger partial charge >= 0.3 is 0 Å². The Labute approximate surface area is 65.0 Å². The predicted octanol–water partition coefficient (Wildman–Crippen LogP) is 1.22. The molecule has 60 valence electrons. The van der Waals surface area contributed by atoms with Crippen molar-refractivity contribution in [2.24, 2.45) is 0 Å². The van der Waals surface area contributed by atoms with Crippen molar-refractivity contribution in [3.8, 4) is 0 Å². The van der Waals surface area contributed by atoms with Gasteiger partial charge in [0, 0.05) is 10.2 Å². The Morgan fingerprint density at radius 1 is 1.30 bits per heavy atom. The van der Waals surface area contributed by atoms with Crippen LogP contribution in [0, 0.1) is 0 Å². The second kappa shape index (κ2) is 5.35. The summed E-state index contributed by atoms with van der Waals surface area (Å²) in [5.74, 6) is -0.442. The van der Waals surface area contributed by atoms with Gasteiger partial charge in [0.25, 0.3) is 5.95 Å². The third-order valence-corrected chi connectivity index (χ3v) is 2.48. The van der Waals surface area contributed by atoms with Crippen molar-refractivity contribution in [1.29, 1.82) is 0 Å². The molecule has 0 saturated carbocycles. The van der Waals surface area contributed by atoms with Crippen molar-refractivity contribution in [2.45, 2.75) is 32.6 Å². The summed E-state index contributed by atoms with van der Waals surface area (Å²) in [7, 11) is 0.770. The summed E-state index contributed by atoms with van der Waals surface area (Å²) in [5.41, 5.74) is 0. The first-order valence-electron chi connectivity index (χ1n) is 3.76. The molecule has 0 spiro atoms. The SMILES string of the molecule is CCCCCC([SiH3])=C(O)O. The van der Waals surface area contributed by atoms with E-state index in [1.807, 2.05) is 0 Å². The average Bonchev–Trinajstić information content (AvgIpc) is 1.88. The molecule has 0 unspecified atom stereocenters. The highest BCUT2D eigenvalue weighted by Crippen LogP contribution is 2.06. The first-order valence-corrected chi connectivity index (χ1v) is 4.76. The standard InChI is InChI=1S/C7H16O2Si/c1-2-3-4-5-6(10)7(8)9/h8-9H,2-5H2,1,10H3. The third kappa shape index (κ3) is 4.44. The Morgan fingerprint density at radius 3 is 2.30 bits per heavy atom. The molecular formula is C7H16O2Si. The van der Waals surface area contributed by atoms with Crippen LogP contribution in [0.5, 0.6) is 0 Å². The van der Waals surface area contributed by atoms with Crippen LogP contribution >= 0.6 is 0 Å². The molecule has 0 aliphatic heterocycles. The lowest BCUT2D eigenvalue weighted by Crippen LogP contribution is -1.90. The van der Waals surface area contributed by atoms with Crippen LogP contribution in [0.1, 0.15) is 32.6 Å². The molecule has 10 heavy (non-hydrogen) atoms. The van der Waals surface area contributed by atoms with E-state index in [0.717, 1.165) is 28.3 Å². The first-order chi connectivity index (χ1) is 4.68. The Kier molecular flexibility index (Phi) is 5.11. The summed E-state index contributed by atoms with van der Waals surface area (Å²) in [6, 6.07) is 0. The molecule has 0 aliphatic rings. The second-order valence-corrected chi connectivity index (χ2v) is 3.77. The summed E-state index contributed by atoms with van der Waals surface area (Å²) in [4.78, 5) is 0. The van der Waals surface area contributed by atoms with E-state index in [9.17, 15) is 0 Å². The largest absolute Gasteiger partial charge is 0.481 e. The number of allylic oxidation sites excluding steroid dienone is 1. The number of unbranched alkanes of at least 4 members (excludes halogenated alkanes) is 2. The molecular weight excluding hydrogens is 144 g/mol. The highest BCUT2D eigenvalue weighted by Gasteiger charge is 1.95. The fourth-order valence-corrected chi connectivity index (χ4v) is 1.11. The molecule has 0 aromatic heterocycles. The molecule has 0 aliphatic carbocycles. The third-order valence-electron chi connectivity index (χ3n) is 1.54. The zero-order valence-electron chi connectivity index (χ0n) is 6.72. The fraction of sp³-hybridized carbons (Fsp3) is 0.714. The topological polar surface area (TPSA) is 40.5 Å². The molecule has 0 bridgehead atoms. The second-order valence-electron chi connectivity index (χ2n) is 2.56. The van der Waals surface area contributed by atoms with Gasteiger partial charge in [0.1, 0.15) is 0 Å². The van der Waals surface area contributed by atoms with Crippen LogP contribution in [-0.2, 0) is 0 Å². The molecule has 3 heteroatoms. The summed E-state index contributed by atoms with van der Waals surface area (Å²) in [6.45, 7) is 2.13. The molecule has 0 atom stereocenters. The minimum Gasteiger partial charge on any atom is -0.481 e. The number of aliphatic hydroxyl groups is 2. The van der Waals surface area contributed by atoms with Crippen LogP contribution < -0.4 is 0 Å². The zero-order valence-corrected chi connectivity index (χ0v) is 8.72. The van der Waals surface area contributed by atoms with Crippen LogP contribution in [-0.4, -0.2) is 20.5 Å². The summed E-state index contributed by atoms with van der Waals surface area (Å²) >= 11 is 0. The van der Waals surface area contributed by atoms with E-state index >= 15 is 0 Å². The van der Waals surface area contributed by atoms with Gasteiger partial charge in [0.2, 0.25) is 0 Å². The molecule has 0 amide bonds. The summed E-state index contributed by atoms with van der Waals surface area (Å²) in [6.07, 6.45) is 4.31. The molecule has 0 aromatic rings. The van der Waals surface area contributed by atoms with Crippen molar-refractivity contribution in [2.75, 3.05) is 0 Å². The van der Waals surface area contributed by atoms with Gasteiger partial charge in [-0.2, -0.15) is 0 Å². The predicted molar refractivity (Wildman–Crippen MR) is 46.4 cm³/mol. The van der Waals surface area contributed by atoms with E-state index in [1.165, 1.54) is 12.8 Å². The lowest BCUT2D eigenvalue weighted by molar-refractivity contribution is 0.187. The maximum absolute atomic E-state index is 8.59. The lowest BCUT2D eigenvalue weighted by Gasteiger charge is -1.99. The Balaban J connectivity index is 3.40. The number of hydrogen-bond acceptors (Lipinski definition) is 2. The monoisotopic (exact) mass is 160 g/mol. The maximum atomic E-state index is 8.59. The molecule has 0 fully saturated rings. The molecule has 0 radical (unpaired) electrons. The molecule has 0 rings (SSSR count). The maximum Gasteiger partial charge on any atom is 0.268 e. The Morgan fingerprint density at radius 2 is 1.90 bits per heavy atom. The highest BCUT2D eigenvalue weighted by atomic mass is 28.1. The van der Waals surface area contributed by atoms with Crippen LogP contribution in [0.2, 0.25) is 0 Å². The van der Waals surface area contributed by atoms with E-state index in [0.29, 0.717) is 0 Å². The van der Waals surface area contributed by atoms with Crippen LogP contribution in [0.3, 0.4) is 0 Å². The van der Waals surface area contributed by atoms with E-state index in [4.69, 9.17) is 10.2 Å². The van der Waals surface area contributed by atoms with Crippen LogP contribution in [0.15, 0.2) is 11.1 Å². The van der Waals surface area contributed by atoms with Gasteiger partial charge in [-0.15, -0.1) is 0 Å². The van der Waals surface area contributed by atoms with Gasteiger partial charge in [-0.25, -0.2) is 0 Å². The van der Waals surface area contributed by atoms with Crippen molar-refractivity contribution < 1.29 is 10.2 Å². The minimum atomic E-state index is -0.442. The summed E-state index contributed by atoms with van der Waals surface area (Å²) < 4.78 is 0. The number of hydrogen-bond donors (Lipinski definition) is 2. The normalized spacial score (nSPS) is 9.70. The van der Waals surface area contributed by atoms with Gasteiger partial charge in [-0.05, 0) is 18.0 Å². The van der Waals surface area contributed by atoms with E-state index < -0.39 is 5.95 Å². The van der Waals surface area contributed by atoms with Gasteiger partial charge in [0.15, 0.2) is 0 Å². The molecule has 2 nitrogen and oxygen atoms in total. The van der Waals surface area contributed by atoms with Gasteiger partial charge in [0.05, 0.1) is 0 Å². The Bertz CT molecular complexity index is 117. The Hall–Kier alpha value is -0.443. The van der Waals surface area contributed by atoms with Crippen LogP contribution in [0.4, 0.5) is 0 Å². The molecule has 0 heterocycles. The quantitative estimate of drug-likeness (QED) is 0.369. The fourth-order valence-electron chi connectivity index (χ4n) is 0.752. The average molecular weight is 160 g/mol. The van der Waals surface area contributed by atoms with Gasteiger partial charge in [-0.3, -0.25) is 0 Å². The highest BCUT2D eigenvalue weighted by molar-refractivity contribution is 6.21. The van der Waals surface area contributed by atoms with Crippen molar-refractivity contribution >= 4 is 10.2 Å². The van der Waals surface area contributed by atoms with Gasteiger partial charge in [-0.1, -0.05) is 19.8 Å². The van der Waals surface area contributed by atoms with Gasteiger partial charge < -0.3 is 10.2 Å². The number of rotatable bonds is 4. The lowest BCUT2D eigenvalue weighted by atomic mass is 10.2. The van der Waals surface area contributed by atoms with E-state index in [2.05, 4.69) is 6.92 Å². The summed E-state index contributed by atoms with van der Waals surface area (Å²) in [5, 5.41) is 18.0. The minimum absolute atomic E-state index is 0.442. The first kappa shape index (κ1) is 9.56. The number of aliphatic hydroxyl groups excluding tert-OH is 1. The van der Waals surface area contributed by atoms with Crippen molar-refractivity contribution in [3.63, 3.8) is 0 Å². The molecule has 0 saturated heterocycles. The van der Waals surface area contributed by atoms with Crippen molar-refractivity contribution in [3.05, 3.63) is 11.1 Å². The zero-order chi connectivity index (χ0) is 7.98. The van der Waals surface area contributed by atoms with Crippen LogP contribution in [0.25, 0.3) is 0 Å². The molecule has 0 aromatic carbocycles. The smallest absolute Gasteiger partial charge is 0.268 e. The van der Waals surface area contributed by atoms with E-state index in [1.54, 1.807) is 0 Å². The molecule has 2 N–H and O–H groups in total.